The van der Waals surface area contributed by atoms with E-state index in [4.69, 9.17) is 0 Å². The molecule has 1 aromatic heterocycles. The van der Waals surface area contributed by atoms with E-state index >= 15 is 0 Å². The van der Waals surface area contributed by atoms with Crippen molar-refractivity contribution in [3.05, 3.63) is 29.3 Å². The van der Waals surface area contributed by atoms with E-state index < -0.39 is 23.6 Å². The number of nitrogens with zero attached hydrogens (tertiary/aromatic N) is 4. The Labute approximate surface area is 149 Å². The predicted octanol–water partition coefficient (Wildman–Crippen LogP) is 3.00. The van der Waals surface area contributed by atoms with Crippen molar-refractivity contribution in [2.24, 2.45) is 0 Å². The molecule has 0 aromatic carbocycles. The van der Waals surface area contributed by atoms with Crippen LogP contribution in [-0.2, 0) is 15.8 Å². The van der Waals surface area contributed by atoms with Gasteiger partial charge in [-0.15, -0.1) is 0 Å². The number of halogens is 3. The minimum Gasteiger partial charge on any atom is -0.356 e. The molecule has 0 radical (unpaired) electrons. The van der Waals surface area contributed by atoms with Crippen LogP contribution >= 0.6 is 0 Å². The lowest BCUT2D eigenvalue weighted by atomic mass is 10.2. The second-order valence-electron chi connectivity index (χ2n) is 5.92. The molecule has 6 nitrogen and oxygen atoms in total. The second-order valence-corrected chi connectivity index (χ2v) is 5.92. The highest BCUT2D eigenvalue weighted by Crippen LogP contribution is 2.37. The van der Waals surface area contributed by atoms with Gasteiger partial charge in [0.25, 0.3) is 11.8 Å². The van der Waals surface area contributed by atoms with Gasteiger partial charge < -0.3 is 4.90 Å². The van der Waals surface area contributed by atoms with Gasteiger partial charge in [-0.05, 0) is 32.4 Å². The third-order valence-electron chi connectivity index (χ3n) is 4.05. The summed E-state index contributed by atoms with van der Waals surface area (Å²) in [7, 11) is 1.41. The normalized spacial score (nSPS) is 14.7. The summed E-state index contributed by atoms with van der Waals surface area (Å²) >= 11 is 0. The molecular formula is C17H21F3N4O2. The van der Waals surface area contributed by atoms with Crippen molar-refractivity contribution in [2.75, 3.05) is 30.0 Å². The SMILES string of the molecule is CCCN(CC)c1nc(N(C)N2C(=O)C=C(C)C2=O)ccc1C(F)(F)F. The number of carbonyl (C=O) groups excluding carboxylic acids is 2. The van der Waals surface area contributed by atoms with E-state index in [0.29, 0.717) is 19.5 Å². The van der Waals surface area contributed by atoms with E-state index in [2.05, 4.69) is 4.98 Å². The van der Waals surface area contributed by atoms with E-state index in [1.807, 2.05) is 6.92 Å². The minimum atomic E-state index is -4.56. The number of imide groups is 1. The fourth-order valence-corrected chi connectivity index (χ4v) is 2.73. The smallest absolute Gasteiger partial charge is 0.356 e. The second kappa shape index (κ2) is 7.35. The first-order chi connectivity index (χ1) is 12.1. The van der Waals surface area contributed by atoms with E-state index in [0.717, 1.165) is 17.1 Å². The van der Waals surface area contributed by atoms with Crippen LogP contribution in [0.5, 0.6) is 0 Å². The zero-order valence-corrected chi connectivity index (χ0v) is 15.1. The number of hydrogen-bond donors (Lipinski definition) is 0. The number of alkyl halides is 3. The number of aromatic nitrogens is 1. The van der Waals surface area contributed by atoms with Gasteiger partial charge in [0.15, 0.2) is 0 Å². The van der Waals surface area contributed by atoms with Gasteiger partial charge in [0.2, 0.25) is 0 Å². The van der Waals surface area contributed by atoms with Crippen molar-refractivity contribution in [3.8, 4) is 0 Å². The highest BCUT2D eigenvalue weighted by atomic mass is 19.4. The Balaban J connectivity index is 2.48. The van der Waals surface area contributed by atoms with E-state index in [-0.39, 0.29) is 17.2 Å². The Bertz CT molecular complexity index is 746. The molecule has 0 unspecified atom stereocenters. The lowest BCUT2D eigenvalue weighted by Gasteiger charge is -2.30. The van der Waals surface area contributed by atoms with Gasteiger partial charge in [-0.25, -0.2) is 4.98 Å². The van der Waals surface area contributed by atoms with Crippen LogP contribution in [0, 0.1) is 0 Å². The first-order valence-corrected chi connectivity index (χ1v) is 8.25. The molecule has 0 bridgehead atoms. The molecule has 0 saturated carbocycles. The van der Waals surface area contributed by atoms with Gasteiger partial charge in [-0.1, -0.05) is 6.92 Å². The lowest BCUT2D eigenvalue weighted by Crippen LogP contribution is -2.45. The van der Waals surface area contributed by atoms with E-state index in [1.165, 1.54) is 30.0 Å². The molecule has 142 valence electrons. The number of hydrazine groups is 1. The minimum absolute atomic E-state index is 0.0763. The van der Waals surface area contributed by atoms with Gasteiger partial charge in [0.1, 0.15) is 11.6 Å². The summed E-state index contributed by atoms with van der Waals surface area (Å²) in [6, 6.07) is 2.08. The standard InChI is InChI=1S/C17H21F3N4O2/c1-5-9-23(6-2)15-12(17(18,19)20)7-8-13(21-15)22(4)24-14(25)10-11(3)16(24)26/h7-8,10H,5-6,9H2,1-4H3. The first-order valence-electron chi connectivity index (χ1n) is 8.25. The zero-order valence-electron chi connectivity index (χ0n) is 15.1. The maximum atomic E-state index is 13.4. The van der Waals surface area contributed by atoms with Crippen LogP contribution in [0.2, 0.25) is 0 Å². The Morgan fingerprint density at radius 1 is 1.19 bits per heavy atom. The largest absolute Gasteiger partial charge is 0.419 e. The van der Waals surface area contributed by atoms with Crippen molar-refractivity contribution in [1.29, 1.82) is 0 Å². The molecule has 0 N–H and O–H groups in total. The van der Waals surface area contributed by atoms with Gasteiger partial charge in [0, 0.05) is 31.8 Å². The number of carbonyl (C=O) groups is 2. The summed E-state index contributed by atoms with van der Waals surface area (Å²) in [5.74, 6) is -1.22. The Morgan fingerprint density at radius 3 is 2.31 bits per heavy atom. The van der Waals surface area contributed by atoms with Crippen LogP contribution in [0.25, 0.3) is 0 Å². The number of pyridine rings is 1. The average molecular weight is 370 g/mol. The van der Waals surface area contributed by atoms with Gasteiger partial charge in [0.05, 0.1) is 5.56 Å². The molecule has 26 heavy (non-hydrogen) atoms. The fraction of sp³-hybridized carbons (Fsp3) is 0.471. The van der Waals surface area contributed by atoms with Crippen molar-refractivity contribution < 1.29 is 22.8 Å². The average Bonchev–Trinajstić information content (AvgIpc) is 2.83. The van der Waals surface area contributed by atoms with Crippen molar-refractivity contribution in [3.63, 3.8) is 0 Å². The van der Waals surface area contributed by atoms with Crippen LogP contribution < -0.4 is 9.91 Å². The van der Waals surface area contributed by atoms with Crippen molar-refractivity contribution >= 4 is 23.5 Å². The molecule has 0 spiro atoms. The molecule has 2 rings (SSSR count). The van der Waals surface area contributed by atoms with Gasteiger partial charge in [-0.3, -0.25) is 14.6 Å². The van der Waals surface area contributed by atoms with Crippen LogP contribution in [0.3, 0.4) is 0 Å². The third-order valence-corrected chi connectivity index (χ3v) is 4.05. The first kappa shape index (κ1) is 19.7. The number of anilines is 2. The molecule has 1 aliphatic rings. The Kier molecular flexibility index (Phi) is 5.58. The summed E-state index contributed by atoms with van der Waals surface area (Å²) in [6.07, 6.45) is -2.73. The Hall–Kier alpha value is -2.58. The quantitative estimate of drug-likeness (QED) is 0.721. The molecular weight excluding hydrogens is 349 g/mol. The molecule has 0 saturated heterocycles. The molecule has 2 heterocycles. The fourth-order valence-electron chi connectivity index (χ4n) is 2.73. The monoisotopic (exact) mass is 370 g/mol. The molecule has 0 atom stereocenters. The molecule has 1 aromatic rings. The van der Waals surface area contributed by atoms with Crippen LogP contribution in [0.1, 0.15) is 32.8 Å². The van der Waals surface area contributed by atoms with E-state index in [1.54, 1.807) is 6.92 Å². The predicted molar refractivity (Wildman–Crippen MR) is 91.4 cm³/mol. The van der Waals surface area contributed by atoms with E-state index in [9.17, 15) is 22.8 Å². The number of rotatable bonds is 6. The molecule has 0 fully saturated rings. The summed E-state index contributed by atoms with van der Waals surface area (Å²) < 4.78 is 40.2. The topological polar surface area (TPSA) is 56.8 Å². The summed E-state index contributed by atoms with van der Waals surface area (Å²) in [6.45, 7) is 5.86. The molecule has 0 aliphatic carbocycles. The van der Waals surface area contributed by atoms with Crippen LogP contribution in [-0.4, -0.2) is 41.9 Å². The summed E-state index contributed by atoms with van der Waals surface area (Å²) in [5, 5.41) is 2.02. The maximum Gasteiger partial charge on any atom is 0.419 e. The number of hydrogen-bond acceptors (Lipinski definition) is 5. The molecule has 1 aliphatic heterocycles. The highest BCUT2D eigenvalue weighted by Gasteiger charge is 2.37. The van der Waals surface area contributed by atoms with Gasteiger partial charge >= 0.3 is 6.18 Å². The Morgan fingerprint density at radius 2 is 1.85 bits per heavy atom. The molecule has 2 amide bonds. The summed E-state index contributed by atoms with van der Waals surface area (Å²) in [5.41, 5.74) is -0.589. The highest BCUT2D eigenvalue weighted by molar-refractivity contribution is 6.16. The van der Waals surface area contributed by atoms with Crippen LogP contribution in [0.4, 0.5) is 24.8 Å². The van der Waals surface area contributed by atoms with Crippen molar-refractivity contribution in [2.45, 2.75) is 33.4 Å². The lowest BCUT2D eigenvalue weighted by molar-refractivity contribution is -0.139. The van der Waals surface area contributed by atoms with Crippen LogP contribution in [0.15, 0.2) is 23.8 Å². The third kappa shape index (κ3) is 3.66. The maximum absolute atomic E-state index is 13.4. The van der Waals surface area contributed by atoms with Crippen molar-refractivity contribution in [1.82, 2.24) is 9.99 Å². The zero-order chi connectivity index (χ0) is 19.6. The molecule has 9 heteroatoms. The summed E-state index contributed by atoms with van der Waals surface area (Å²) in [4.78, 5) is 29.7. The van der Waals surface area contributed by atoms with Gasteiger partial charge in [-0.2, -0.15) is 18.2 Å². The number of amides is 2.